The Morgan fingerprint density at radius 1 is 1.00 bits per heavy atom. The second-order valence-electron chi connectivity index (χ2n) is 4.18. The smallest absolute Gasteiger partial charge is 0.257 e. The third-order valence-corrected chi connectivity index (χ3v) is 3.52. The van der Waals surface area contributed by atoms with E-state index in [1.807, 2.05) is 24.3 Å². The summed E-state index contributed by atoms with van der Waals surface area (Å²) < 4.78 is 0.599. The number of fused-ring (bicyclic) bond motifs is 1. The molecule has 0 aliphatic rings. The molecule has 4 nitrogen and oxygen atoms in total. The van der Waals surface area contributed by atoms with Crippen LogP contribution < -0.4 is 5.32 Å². The highest BCUT2D eigenvalue weighted by Gasteiger charge is 2.12. The average molecular weight is 328 g/mol. The maximum absolute atomic E-state index is 12.4. The lowest BCUT2D eigenvalue weighted by molar-refractivity contribution is 0.102. The number of nitrogens with one attached hydrogen (secondary N) is 1. The molecule has 5 heteroatoms. The Morgan fingerprint density at radius 3 is 2.60 bits per heavy atom. The molecule has 20 heavy (non-hydrogen) atoms. The first-order valence-corrected chi connectivity index (χ1v) is 6.80. The number of hydrogen-bond donors (Lipinski definition) is 1. The van der Waals surface area contributed by atoms with Crippen molar-refractivity contribution in [3.63, 3.8) is 0 Å². The summed E-state index contributed by atoms with van der Waals surface area (Å²) in [6, 6.07) is 12.9. The summed E-state index contributed by atoms with van der Waals surface area (Å²) in [6.07, 6.45) is 3.33. The molecule has 98 valence electrons. The van der Waals surface area contributed by atoms with Crippen LogP contribution in [0.25, 0.3) is 10.9 Å². The molecule has 3 rings (SSSR count). The Hall–Kier alpha value is -2.27. The number of nitrogens with zero attached hydrogens (tertiary/aromatic N) is 2. The first-order valence-electron chi connectivity index (χ1n) is 6.01. The Balaban J connectivity index is 1.99. The number of carbonyl (C=O) groups excluding carboxylic acids is 1. The van der Waals surface area contributed by atoms with Crippen molar-refractivity contribution >= 4 is 38.4 Å². The van der Waals surface area contributed by atoms with E-state index in [4.69, 9.17) is 0 Å². The third kappa shape index (κ3) is 2.40. The zero-order chi connectivity index (χ0) is 13.9. The minimum atomic E-state index is -0.206. The molecule has 0 aliphatic carbocycles. The van der Waals surface area contributed by atoms with Gasteiger partial charge in [0.2, 0.25) is 0 Å². The summed E-state index contributed by atoms with van der Waals surface area (Å²) in [4.78, 5) is 20.7. The van der Waals surface area contributed by atoms with Crippen LogP contribution in [-0.4, -0.2) is 15.9 Å². The molecule has 2 heterocycles. The molecule has 1 aromatic carbocycles. The summed E-state index contributed by atoms with van der Waals surface area (Å²) in [5, 5.41) is 3.77. The third-order valence-electron chi connectivity index (χ3n) is 2.88. The van der Waals surface area contributed by atoms with Crippen molar-refractivity contribution in [2.24, 2.45) is 0 Å². The monoisotopic (exact) mass is 327 g/mol. The Bertz CT molecular complexity index is 783. The fraction of sp³-hybridized carbons (Fsp3) is 0. The second kappa shape index (κ2) is 5.38. The molecule has 0 spiro atoms. The maximum atomic E-state index is 12.4. The lowest BCUT2D eigenvalue weighted by Crippen LogP contribution is -2.13. The molecule has 1 amide bonds. The molecule has 0 unspecified atom stereocenters. The largest absolute Gasteiger partial charge is 0.320 e. The highest BCUT2D eigenvalue weighted by atomic mass is 79.9. The van der Waals surface area contributed by atoms with Crippen LogP contribution in [0.2, 0.25) is 0 Å². The van der Waals surface area contributed by atoms with Crippen molar-refractivity contribution in [1.29, 1.82) is 0 Å². The number of amides is 1. The quantitative estimate of drug-likeness (QED) is 0.731. The van der Waals surface area contributed by atoms with Gasteiger partial charge in [-0.25, -0.2) is 4.98 Å². The van der Waals surface area contributed by atoms with E-state index >= 15 is 0 Å². The average Bonchev–Trinajstić information content (AvgIpc) is 2.49. The van der Waals surface area contributed by atoms with E-state index in [2.05, 4.69) is 31.2 Å². The van der Waals surface area contributed by atoms with Crippen LogP contribution >= 0.6 is 15.9 Å². The standard InChI is InChI=1S/C15H10BrN3O/c16-14-12(7-3-9-18-14)19-15(20)11-6-1-4-10-5-2-8-17-13(10)11/h1-9H,(H,19,20). The van der Waals surface area contributed by atoms with Gasteiger partial charge in [0.25, 0.3) is 5.91 Å². The van der Waals surface area contributed by atoms with E-state index in [0.29, 0.717) is 21.4 Å². The number of hydrogen-bond acceptors (Lipinski definition) is 3. The number of benzene rings is 1. The van der Waals surface area contributed by atoms with E-state index in [1.165, 1.54) is 0 Å². The van der Waals surface area contributed by atoms with Crippen LogP contribution in [0.1, 0.15) is 10.4 Å². The molecule has 0 atom stereocenters. The summed E-state index contributed by atoms with van der Waals surface area (Å²) in [5.41, 5.74) is 1.86. The molecule has 0 saturated carbocycles. The number of pyridine rings is 2. The Morgan fingerprint density at radius 2 is 1.75 bits per heavy atom. The minimum absolute atomic E-state index is 0.206. The summed E-state index contributed by atoms with van der Waals surface area (Å²) in [5.74, 6) is -0.206. The van der Waals surface area contributed by atoms with Gasteiger partial charge in [-0.2, -0.15) is 0 Å². The first kappa shape index (κ1) is 12.7. The summed E-state index contributed by atoms with van der Waals surface area (Å²) in [6.45, 7) is 0. The number of halogens is 1. The van der Waals surface area contributed by atoms with Gasteiger partial charge in [0.05, 0.1) is 16.8 Å². The molecule has 1 N–H and O–H groups in total. The normalized spacial score (nSPS) is 10.4. The number of rotatable bonds is 2. The van der Waals surface area contributed by atoms with Crippen molar-refractivity contribution in [2.75, 3.05) is 5.32 Å². The van der Waals surface area contributed by atoms with E-state index in [-0.39, 0.29) is 5.91 Å². The van der Waals surface area contributed by atoms with E-state index in [0.717, 1.165) is 5.39 Å². The topological polar surface area (TPSA) is 54.9 Å². The van der Waals surface area contributed by atoms with Gasteiger partial charge < -0.3 is 5.32 Å². The Kier molecular flexibility index (Phi) is 3.43. The second-order valence-corrected chi connectivity index (χ2v) is 4.93. The van der Waals surface area contributed by atoms with Crippen molar-refractivity contribution < 1.29 is 4.79 Å². The molecular weight excluding hydrogens is 318 g/mol. The fourth-order valence-corrected chi connectivity index (χ4v) is 2.31. The number of para-hydroxylation sites is 1. The van der Waals surface area contributed by atoms with Crippen LogP contribution in [0.3, 0.4) is 0 Å². The van der Waals surface area contributed by atoms with Gasteiger partial charge >= 0.3 is 0 Å². The molecule has 0 fully saturated rings. The van der Waals surface area contributed by atoms with Gasteiger partial charge in [-0.05, 0) is 40.2 Å². The van der Waals surface area contributed by atoms with Crippen molar-refractivity contribution in [3.8, 4) is 0 Å². The van der Waals surface area contributed by atoms with Crippen LogP contribution in [0.4, 0.5) is 5.69 Å². The van der Waals surface area contributed by atoms with Crippen molar-refractivity contribution in [1.82, 2.24) is 9.97 Å². The number of aromatic nitrogens is 2. The van der Waals surface area contributed by atoms with Crippen LogP contribution in [0.15, 0.2) is 59.5 Å². The van der Waals surface area contributed by atoms with Gasteiger partial charge in [0.15, 0.2) is 0 Å². The molecule has 2 aromatic heterocycles. The van der Waals surface area contributed by atoms with Gasteiger partial charge in [-0.3, -0.25) is 9.78 Å². The van der Waals surface area contributed by atoms with Crippen LogP contribution in [0, 0.1) is 0 Å². The highest BCUT2D eigenvalue weighted by Crippen LogP contribution is 2.21. The predicted octanol–water partition coefficient (Wildman–Crippen LogP) is 3.64. The SMILES string of the molecule is O=C(Nc1cccnc1Br)c1cccc2cccnc12. The van der Waals surface area contributed by atoms with Gasteiger partial charge in [0.1, 0.15) is 4.60 Å². The lowest BCUT2D eigenvalue weighted by Gasteiger charge is -2.08. The van der Waals surface area contributed by atoms with Crippen LogP contribution in [-0.2, 0) is 0 Å². The molecule has 0 radical (unpaired) electrons. The fourth-order valence-electron chi connectivity index (χ4n) is 1.96. The first-order chi connectivity index (χ1) is 9.75. The molecular formula is C15H10BrN3O. The summed E-state index contributed by atoms with van der Waals surface area (Å²) in [7, 11) is 0. The van der Waals surface area contributed by atoms with Gasteiger partial charge in [-0.1, -0.05) is 18.2 Å². The minimum Gasteiger partial charge on any atom is -0.320 e. The van der Waals surface area contributed by atoms with Crippen molar-refractivity contribution in [3.05, 3.63) is 65.0 Å². The number of carbonyl (C=O) groups is 1. The van der Waals surface area contributed by atoms with E-state index in [1.54, 1.807) is 30.6 Å². The molecule has 0 aliphatic heterocycles. The zero-order valence-electron chi connectivity index (χ0n) is 10.4. The molecule has 0 saturated heterocycles. The molecule has 0 bridgehead atoms. The van der Waals surface area contributed by atoms with Crippen molar-refractivity contribution in [2.45, 2.75) is 0 Å². The summed E-state index contributed by atoms with van der Waals surface area (Å²) >= 11 is 3.31. The lowest BCUT2D eigenvalue weighted by atomic mass is 10.1. The highest BCUT2D eigenvalue weighted by molar-refractivity contribution is 9.10. The van der Waals surface area contributed by atoms with E-state index < -0.39 is 0 Å². The van der Waals surface area contributed by atoms with Crippen LogP contribution in [0.5, 0.6) is 0 Å². The maximum Gasteiger partial charge on any atom is 0.257 e. The predicted molar refractivity (Wildman–Crippen MR) is 81.6 cm³/mol. The van der Waals surface area contributed by atoms with Gasteiger partial charge in [-0.15, -0.1) is 0 Å². The van der Waals surface area contributed by atoms with Gasteiger partial charge in [0, 0.05) is 17.8 Å². The Labute approximate surface area is 124 Å². The van der Waals surface area contributed by atoms with E-state index in [9.17, 15) is 4.79 Å². The number of anilines is 1. The zero-order valence-corrected chi connectivity index (χ0v) is 12.0. The molecule has 3 aromatic rings.